The Kier molecular flexibility index (Phi) is 10.6. The fourth-order valence-electron chi connectivity index (χ4n) is 5.83. The van der Waals surface area contributed by atoms with Gasteiger partial charge in [-0.1, -0.05) is 17.3 Å². The molecule has 3 N–H and O–H groups in total. The molecule has 0 bridgehead atoms. The zero-order valence-corrected chi connectivity index (χ0v) is 28.0. The van der Waals surface area contributed by atoms with E-state index in [0.717, 1.165) is 41.8 Å². The van der Waals surface area contributed by atoms with Gasteiger partial charge in [0.25, 0.3) is 10.0 Å². The van der Waals surface area contributed by atoms with Crippen LogP contribution in [0.3, 0.4) is 0 Å². The Bertz CT molecular complexity index is 2160. The van der Waals surface area contributed by atoms with Crippen molar-refractivity contribution < 1.29 is 45.2 Å². The second-order valence-electron chi connectivity index (χ2n) is 11.6. The second-order valence-corrected chi connectivity index (χ2v) is 14.8. The summed E-state index contributed by atoms with van der Waals surface area (Å²) in [5.41, 5.74) is 0.657. The molecular formula is C33H28F4N6O6S2. The fraction of sp³-hybridized carbons (Fsp3) is 0.242. The first-order chi connectivity index (χ1) is 24.4. The van der Waals surface area contributed by atoms with Gasteiger partial charge in [0.2, 0.25) is 11.7 Å². The molecule has 1 aliphatic heterocycles. The van der Waals surface area contributed by atoms with E-state index in [-0.39, 0.29) is 64.1 Å². The van der Waals surface area contributed by atoms with E-state index in [4.69, 9.17) is 5.11 Å². The summed E-state index contributed by atoms with van der Waals surface area (Å²) in [6.45, 7) is 0.720. The standard InChI is InChI=1S/C33H28F4N6O6S2/c34-20-3-1-18(2-4-20)25(19-11-21(35)13-22(36)12-19)14-29(44)40-27-17-39-16-26(37)24(27)6-5-23-15-38-9-10-43(23)51(47,48)30-8-7-28(50-30)31-41-32(33(45)46)49-42-31/h1-4,7-8,11-13,16-17,23,25,38H,5-6,9-10,14-15H2,(H,40,44)(H,45,46)/t23-,25?/m0/s1. The normalized spacial score (nSPS) is 15.8. The number of thiophene rings is 1. The van der Waals surface area contributed by atoms with Gasteiger partial charge in [0.05, 0.1) is 23.0 Å². The van der Waals surface area contributed by atoms with E-state index in [2.05, 4.69) is 30.3 Å². The molecule has 1 aliphatic rings. The number of anilines is 1. The van der Waals surface area contributed by atoms with Crippen LogP contribution in [0.4, 0.5) is 23.2 Å². The number of piperazine rings is 1. The second kappa shape index (κ2) is 15.1. The van der Waals surface area contributed by atoms with E-state index >= 15 is 4.39 Å². The van der Waals surface area contributed by atoms with Crippen LogP contribution < -0.4 is 10.6 Å². The number of sulfonamides is 1. The lowest BCUT2D eigenvalue weighted by molar-refractivity contribution is -0.116. The smallest absolute Gasteiger partial charge is 0.394 e. The van der Waals surface area contributed by atoms with Crippen LogP contribution in [0.2, 0.25) is 0 Å². The van der Waals surface area contributed by atoms with E-state index in [1.54, 1.807) is 0 Å². The first-order valence-electron chi connectivity index (χ1n) is 15.4. The number of pyridine rings is 1. The monoisotopic (exact) mass is 744 g/mol. The molecule has 0 aliphatic carbocycles. The molecule has 0 radical (unpaired) electrons. The number of carbonyl (C=O) groups is 2. The van der Waals surface area contributed by atoms with Crippen molar-refractivity contribution in [3.63, 3.8) is 0 Å². The lowest BCUT2D eigenvalue weighted by atomic mass is 9.88. The number of aromatic nitrogens is 3. The van der Waals surface area contributed by atoms with Crippen LogP contribution in [0.15, 0.2) is 75.7 Å². The molecule has 51 heavy (non-hydrogen) atoms. The highest BCUT2D eigenvalue weighted by molar-refractivity contribution is 7.91. The SMILES string of the molecule is O=C(CC(c1ccc(F)cc1)c1cc(F)cc(F)c1)Nc1cncc(F)c1CC[C@H]1CNCCN1S(=O)(=O)c1ccc(-c2noc(C(=O)O)n2)s1. The molecule has 1 unspecified atom stereocenters. The number of hydrogen-bond acceptors (Lipinski definition) is 10. The molecule has 6 rings (SSSR count). The van der Waals surface area contributed by atoms with Crippen LogP contribution in [0, 0.1) is 23.3 Å². The summed E-state index contributed by atoms with van der Waals surface area (Å²) in [6, 6.07) is 10.2. The van der Waals surface area contributed by atoms with E-state index in [9.17, 15) is 31.2 Å². The van der Waals surface area contributed by atoms with Gasteiger partial charge in [-0.2, -0.15) is 9.29 Å². The van der Waals surface area contributed by atoms with Crippen LogP contribution >= 0.6 is 11.3 Å². The van der Waals surface area contributed by atoms with Crippen LogP contribution in [-0.4, -0.2) is 70.5 Å². The number of nitrogens with one attached hydrogen (secondary N) is 2. The molecule has 0 spiro atoms. The quantitative estimate of drug-likeness (QED) is 0.145. The summed E-state index contributed by atoms with van der Waals surface area (Å²) >= 11 is 0.840. The van der Waals surface area contributed by atoms with Crippen LogP contribution in [0.1, 0.15) is 46.1 Å². The number of carboxylic acids is 1. The number of aromatic carboxylic acids is 1. The average molecular weight is 745 g/mol. The van der Waals surface area contributed by atoms with Crippen molar-refractivity contribution in [2.24, 2.45) is 0 Å². The fourth-order valence-corrected chi connectivity index (χ4v) is 8.85. The number of hydrogen-bond donors (Lipinski definition) is 3. The molecule has 1 fully saturated rings. The number of carboxylic acid groups (broad SMARTS) is 1. The van der Waals surface area contributed by atoms with Crippen LogP contribution in [0.5, 0.6) is 0 Å². The maximum atomic E-state index is 15.3. The zero-order chi connectivity index (χ0) is 36.3. The lowest BCUT2D eigenvalue weighted by Gasteiger charge is -2.35. The number of rotatable bonds is 12. The van der Waals surface area contributed by atoms with Gasteiger partial charge in [0, 0.05) is 49.6 Å². The van der Waals surface area contributed by atoms with E-state index in [1.165, 1.54) is 34.8 Å². The van der Waals surface area contributed by atoms with Gasteiger partial charge in [0.15, 0.2) is 0 Å². The molecule has 12 nitrogen and oxygen atoms in total. The number of halogens is 4. The molecule has 1 amide bonds. The van der Waals surface area contributed by atoms with E-state index in [0.29, 0.717) is 18.2 Å². The lowest BCUT2D eigenvalue weighted by Crippen LogP contribution is -2.53. The van der Waals surface area contributed by atoms with Gasteiger partial charge in [-0.15, -0.1) is 11.3 Å². The minimum atomic E-state index is -4.07. The van der Waals surface area contributed by atoms with Gasteiger partial charge in [-0.05, 0) is 60.4 Å². The van der Waals surface area contributed by atoms with Crippen LogP contribution in [-0.2, 0) is 21.2 Å². The topological polar surface area (TPSA) is 168 Å². The van der Waals surface area contributed by atoms with Crippen molar-refractivity contribution >= 4 is 38.9 Å². The van der Waals surface area contributed by atoms with Crippen molar-refractivity contribution in [1.29, 1.82) is 0 Å². The summed E-state index contributed by atoms with van der Waals surface area (Å²) in [7, 11) is -4.07. The largest absolute Gasteiger partial charge is 0.474 e. The minimum absolute atomic E-state index is 0.00462. The summed E-state index contributed by atoms with van der Waals surface area (Å²) < 4.78 is 90.8. The molecule has 5 aromatic rings. The number of carbonyl (C=O) groups excluding carboxylic acids is 1. The number of nitrogens with zero attached hydrogens (tertiary/aromatic N) is 4. The van der Waals surface area contributed by atoms with Gasteiger partial charge in [-0.25, -0.2) is 30.8 Å². The van der Waals surface area contributed by atoms with Gasteiger partial charge in [0.1, 0.15) is 27.5 Å². The van der Waals surface area contributed by atoms with Gasteiger partial charge < -0.3 is 20.3 Å². The third-order valence-corrected chi connectivity index (χ3v) is 11.7. The Balaban J connectivity index is 1.19. The first kappa shape index (κ1) is 35.8. The predicted molar refractivity (Wildman–Crippen MR) is 175 cm³/mol. The zero-order valence-electron chi connectivity index (χ0n) is 26.4. The molecule has 2 aromatic carbocycles. The highest BCUT2D eigenvalue weighted by atomic mass is 32.2. The van der Waals surface area contributed by atoms with E-state index in [1.807, 2.05) is 0 Å². The van der Waals surface area contributed by atoms with Gasteiger partial charge >= 0.3 is 11.9 Å². The Labute approximate surface area is 292 Å². The predicted octanol–water partition coefficient (Wildman–Crippen LogP) is 5.20. The van der Waals surface area contributed by atoms with Crippen molar-refractivity contribution in [2.75, 3.05) is 25.0 Å². The Morgan fingerprint density at radius 3 is 2.47 bits per heavy atom. The van der Waals surface area contributed by atoms with E-state index < -0.39 is 63.0 Å². The maximum absolute atomic E-state index is 15.3. The third-order valence-electron chi connectivity index (χ3n) is 8.23. The Morgan fingerprint density at radius 1 is 1.02 bits per heavy atom. The van der Waals surface area contributed by atoms with Crippen LogP contribution in [0.25, 0.3) is 10.7 Å². The summed E-state index contributed by atoms with van der Waals surface area (Å²) in [6.07, 6.45) is 2.01. The molecule has 2 atom stereocenters. The Hall–Kier alpha value is -5.04. The third kappa shape index (κ3) is 8.14. The van der Waals surface area contributed by atoms with Crippen molar-refractivity contribution in [1.82, 2.24) is 24.7 Å². The molecule has 4 heterocycles. The molecule has 18 heteroatoms. The maximum Gasteiger partial charge on any atom is 0.394 e. The summed E-state index contributed by atoms with van der Waals surface area (Å²) in [5, 5.41) is 18.4. The Morgan fingerprint density at radius 2 is 1.76 bits per heavy atom. The average Bonchev–Trinajstić information content (AvgIpc) is 3.79. The number of benzene rings is 2. The highest BCUT2D eigenvalue weighted by Crippen LogP contribution is 2.34. The molecule has 0 saturated carbocycles. The molecule has 1 saturated heterocycles. The highest BCUT2D eigenvalue weighted by Gasteiger charge is 2.35. The summed E-state index contributed by atoms with van der Waals surface area (Å²) in [4.78, 5) is 32.4. The first-order valence-corrected chi connectivity index (χ1v) is 17.7. The van der Waals surface area contributed by atoms with Crippen molar-refractivity contribution in [3.8, 4) is 10.7 Å². The molecule has 3 aromatic heterocycles. The number of amides is 1. The minimum Gasteiger partial charge on any atom is -0.474 e. The summed E-state index contributed by atoms with van der Waals surface area (Å²) in [5.74, 6) is -6.67. The molecular weight excluding hydrogens is 717 g/mol. The van der Waals surface area contributed by atoms with Crippen molar-refractivity contribution in [3.05, 3.63) is 113 Å². The van der Waals surface area contributed by atoms with Crippen molar-refractivity contribution in [2.45, 2.75) is 35.4 Å². The molecule has 266 valence electrons. The van der Waals surface area contributed by atoms with Gasteiger partial charge in [-0.3, -0.25) is 9.78 Å².